The van der Waals surface area contributed by atoms with Crippen molar-refractivity contribution in [3.63, 3.8) is 0 Å². The zero-order chi connectivity index (χ0) is 22.6. The first-order valence-corrected chi connectivity index (χ1v) is 12.9. The van der Waals surface area contributed by atoms with Crippen LogP contribution in [0.2, 0.25) is 5.02 Å². The summed E-state index contributed by atoms with van der Waals surface area (Å²) in [7, 11) is -3.48. The van der Waals surface area contributed by atoms with E-state index in [4.69, 9.17) is 16.3 Å². The molecule has 4 rings (SSSR count). The van der Waals surface area contributed by atoms with E-state index in [2.05, 4.69) is 10.2 Å². The number of morpholine rings is 1. The third kappa shape index (κ3) is 5.61. The van der Waals surface area contributed by atoms with Crippen LogP contribution in [0.4, 0.5) is 11.4 Å². The van der Waals surface area contributed by atoms with E-state index >= 15 is 0 Å². The number of hydrogen-bond acceptors (Lipinski definition) is 5. The maximum atomic E-state index is 12.8. The fourth-order valence-electron chi connectivity index (χ4n) is 4.12. The van der Waals surface area contributed by atoms with Gasteiger partial charge in [-0.1, -0.05) is 29.8 Å². The molecule has 2 saturated heterocycles. The molecule has 2 heterocycles. The number of nitrogens with one attached hydrogen (secondary N) is 1. The fraction of sp³-hybridized carbons (Fsp3) is 0.435. The molecule has 2 aliphatic rings. The molecule has 0 unspecified atom stereocenters. The van der Waals surface area contributed by atoms with E-state index in [0.29, 0.717) is 36.5 Å². The summed E-state index contributed by atoms with van der Waals surface area (Å²) in [4.78, 5) is 15.0. The molecule has 172 valence electrons. The van der Waals surface area contributed by atoms with Gasteiger partial charge in [-0.2, -0.15) is 0 Å². The monoisotopic (exact) mass is 477 g/mol. The van der Waals surface area contributed by atoms with E-state index in [1.54, 1.807) is 24.3 Å². The number of ether oxygens (including phenoxy) is 1. The Morgan fingerprint density at radius 1 is 1.00 bits per heavy atom. The summed E-state index contributed by atoms with van der Waals surface area (Å²) in [5, 5.41) is 3.42. The smallest absolute Gasteiger partial charge is 0.227 e. The van der Waals surface area contributed by atoms with Crippen molar-refractivity contribution in [2.45, 2.75) is 18.6 Å². The molecule has 0 radical (unpaired) electrons. The van der Waals surface area contributed by atoms with Crippen LogP contribution in [0.25, 0.3) is 0 Å². The number of carbonyl (C=O) groups excluding carboxylic acids is 1. The van der Waals surface area contributed by atoms with E-state index in [1.165, 1.54) is 4.31 Å². The number of benzene rings is 2. The van der Waals surface area contributed by atoms with Gasteiger partial charge in [0.05, 0.1) is 19.0 Å². The number of halogens is 1. The zero-order valence-corrected chi connectivity index (χ0v) is 19.4. The largest absolute Gasteiger partial charge is 0.378 e. The Balaban J connectivity index is 1.29. The highest BCUT2D eigenvalue weighted by atomic mass is 35.5. The first-order chi connectivity index (χ1) is 15.4. The Kier molecular flexibility index (Phi) is 7.35. The van der Waals surface area contributed by atoms with Crippen LogP contribution in [0.15, 0.2) is 48.5 Å². The Hall–Kier alpha value is -2.13. The minimum Gasteiger partial charge on any atom is -0.378 e. The highest BCUT2D eigenvalue weighted by Crippen LogP contribution is 2.26. The Morgan fingerprint density at radius 3 is 2.31 bits per heavy atom. The van der Waals surface area contributed by atoms with Crippen molar-refractivity contribution in [2.75, 3.05) is 49.6 Å². The van der Waals surface area contributed by atoms with Crippen molar-refractivity contribution in [3.05, 3.63) is 59.1 Å². The molecule has 0 aliphatic carbocycles. The molecule has 2 fully saturated rings. The second-order valence-corrected chi connectivity index (χ2v) is 10.5. The predicted molar refractivity (Wildman–Crippen MR) is 126 cm³/mol. The molecule has 9 heteroatoms. The molecule has 2 aromatic rings. The lowest BCUT2D eigenvalue weighted by molar-refractivity contribution is -0.120. The van der Waals surface area contributed by atoms with Gasteiger partial charge in [0.25, 0.3) is 0 Å². The maximum Gasteiger partial charge on any atom is 0.227 e. The van der Waals surface area contributed by atoms with Crippen LogP contribution in [-0.4, -0.2) is 58.0 Å². The van der Waals surface area contributed by atoms with E-state index in [9.17, 15) is 13.2 Å². The van der Waals surface area contributed by atoms with Crippen molar-refractivity contribution in [1.29, 1.82) is 0 Å². The second kappa shape index (κ2) is 10.2. The van der Waals surface area contributed by atoms with E-state index < -0.39 is 10.0 Å². The van der Waals surface area contributed by atoms with Crippen LogP contribution >= 0.6 is 11.6 Å². The summed E-state index contributed by atoms with van der Waals surface area (Å²) in [6.45, 7) is 3.85. The van der Waals surface area contributed by atoms with E-state index in [1.807, 2.05) is 24.3 Å². The lowest BCUT2D eigenvalue weighted by Gasteiger charge is -2.31. The van der Waals surface area contributed by atoms with Gasteiger partial charge in [0.15, 0.2) is 0 Å². The summed E-state index contributed by atoms with van der Waals surface area (Å²) in [6, 6.07) is 14.8. The van der Waals surface area contributed by atoms with Crippen molar-refractivity contribution >= 4 is 38.9 Å². The number of piperidine rings is 1. The van der Waals surface area contributed by atoms with Gasteiger partial charge in [-0.3, -0.25) is 4.79 Å². The predicted octanol–water partition coefficient (Wildman–Crippen LogP) is 3.36. The number of sulfonamides is 1. The first kappa shape index (κ1) is 23.0. The number of carbonyl (C=O) groups is 1. The lowest BCUT2D eigenvalue weighted by Crippen LogP contribution is -2.41. The molecule has 1 N–H and O–H groups in total. The van der Waals surface area contributed by atoms with Crippen LogP contribution in [0.3, 0.4) is 0 Å². The molecule has 0 spiro atoms. The van der Waals surface area contributed by atoms with Crippen molar-refractivity contribution < 1.29 is 17.9 Å². The van der Waals surface area contributed by atoms with Crippen molar-refractivity contribution in [3.8, 4) is 0 Å². The molecule has 0 bridgehead atoms. The summed E-state index contributed by atoms with van der Waals surface area (Å²) in [5.41, 5.74) is 2.46. The van der Waals surface area contributed by atoms with Crippen molar-refractivity contribution in [2.24, 2.45) is 5.92 Å². The first-order valence-electron chi connectivity index (χ1n) is 10.9. The summed E-state index contributed by atoms with van der Waals surface area (Å²) < 4.78 is 32.4. The number of nitrogens with zero attached hydrogens (tertiary/aromatic N) is 2. The van der Waals surface area contributed by atoms with Gasteiger partial charge >= 0.3 is 0 Å². The molecule has 2 aromatic carbocycles. The topological polar surface area (TPSA) is 79.0 Å². The SMILES string of the molecule is O=C(Nc1ccc(N2CCOCC2)cc1)C1CCN(S(=O)(=O)Cc2ccccc2Cl)CC1. The van der Waals surface area contributed by atoms with Crippen LogP contribution in [0.1, 0.15) is 18.4 Å². The molecular weight excluding hydrogens is 450 g/mol. The van der Waals surface area contributed by atoms with Crippen molar-refractivity contribution in [1.82, 2.24) is 4.31 Å². The quantitative estimate of drug-likeness (QED) is 0.690. The summed E-state index contributed by atoms with van der Waals surface area (Å²) >= 11 is 6.12. The lowest BCUT2D eigenvalue weighted by atomic mass is 9.97. The standard InChI is InChI=1S/C23H28ClN3O4S/c24-22-4-2-1-3-19(22)17-32(29,30)27-11-9-18(10-12-27)23(28)25-20-5-7-21(8-6-20)26-13-15-31-16-14-26/h1-8,18H,9-17H2,(H,25,28). The highest BCUT2D eigenvalue weighted by molar-refractivity contribution is 7.88. The van der Waals surface area contributed by atoms with Gasteiger partial charge in [-0.05, 0) is 48.7 Å². The van der Waals surface area contributed by atoms with Crippen LogP contribution < -0.4 is 10.2 Å². The number of amides is 1. The van der Waals surface area contributed by atoms with Crippen LogP contribution in [0.5, 0.6) is 0 Å². The molecule has 1 amide bonds. The molecule has 2 aliphatic heterocycles. The molecule has 7 nitrogen and oxygen atoms in total. The number of rotatable bonds is 6. The zero-order valence-electron chi connectivity index (χ0n) is 17.9. The van der Waals surface area contributed by atoms with Gasteiger partial charge in [-0.25, -0.2) is 12.7 Å². The second-order valence-electron chi connectivity index (χ2n) is 8.16. The van der Waals surface area contributed by atoms with E-state index in [-0.39, 0.29) is 17.6 Å². The molecule has 0 saturated carbocycles. The van der Waals surface area contributed by atoms with Crippen LogP contribution in [0, 0.1) is 5.92 Å². The number of anilines is 2. The molecule has 0 atom stereocenters. The Labute approximate surface area is 194 Å². The highest BCUT2D eigenvalue weighted by Gasteiger charge is 2.31. The minimum atomic E-state index is -3.48. The summed E-state index contributed by atoms with van der Waals surface area (Å²) in [6.07, 6.45) is 0.999. The number of hydrogen-bond donors (Lipinski definition) is 1. The van der Waals surface area contributed by atoms with E-state index in [0.717, 1.165) is 37.7 Å². The fourth-order valence-corrected chi connectivity index (χ4v) is 6.00. The average Bonchev–Trinajstić information content (AvgIpc) is 2.81. The molecule has 32 heavy (non-hydrogen) atoms. The third-order valence-corrected chi connectivity index (χ3v) is 8.22. The van der Waals surface area contributed by atoms with Gasteiger partial charge in [0.2, 0.25) is 15.9 Å². The Morgan fingerprint density at radius 2 is 1.66 bits per heavy atom. The molecular formula is C23H28ClN3O4S. The van der Waals surface area contributed by atoms with Gasteiger partial charge in [-0.15, -0.1) is 0 Å². The molecule has 0 aromatic heterocycles. The average molecular weight is 478 g/mol. The Bertz CT molecular complexity index is 1030. The summed E-state index contributed by atoms with van der Waals surface area (Å²) in [5.74, 6) is -0.396. The van der Waals surface area contributed by atoms with Gasteiger partial charge in [0.1, 0.15) is 0 Å². The minimum absolute atomic E-state index is 0.0627. The maximum absolute atomic E-state index is 12.8. The van der Waals surface area contributed by atoms with Gasteiger partial charge in [0, 0.05) is 48.5 Å². The third-order valence-electron chi connectivity index (χ3n) is 6.02. The normalized spacial score (nSPS) is 18.5. The van der Waals surface area contributed by atoms with Gasteiger partial charge < -0.3 is 15.0 Å². The van der Waals surface area contributed by atoms with Crippen LogP contribution in [-0.2, 0) is 25.3 Å².